The molecular weight excluding hydrogens is 438 g/mol. The molecule has 7 heteroatoms. The highest BCUT2D eigenvalue weighted by Crippen LogP contribution is 2.31. The number of imide groups is 1. The molecule has 0 spiro atoms. The first-order chi connectivity index (χ1) is 13.0. The third kappa shape index (κ3) is 4.16. The highest BCUT2D eigenvalue weighted by molar-refractivity contribution is 9.11. The first kappa shape index (κ1) is 21.0. The van der Waals surface area contributed by atoms with Gasteiger partial charge in [0.05, 0.1) is 10.5 Å². The van der Waals surface area contributed by atoms with E-state index in [1.54, 1.807) is 18.3 Å². The van der Waals surface area contributed by atoms with Crippen molar-refractivity contribution in [3.63, 3.8) is 0 Å². The number of amides is 3. The van der Waals surface area contributed by atoms with Crippen LogP contribution in [0.2, 0.25) is 0 Å². The SMILES string of the molecule is CN(Cc1ccc(Br)s1)CN1C(=O)NC(C)(c2ccc(C(C)(C)C)cc2)C1=O. The second-order valence-corrected chi connectivity index (χ2v) is 11.0. The van der Waals surface area contributed by atoms with E-state index >= 15 is 0 Å². The minimum absolute atomic E-state index is 0.0356. The molecule has 2 aromatic rings. The van der Waals surface area contributed by atoms with E-state index in [2.05, 4.69) is 42.0 Å². The molecule has 1 unspecified atom stereocenters. The summed E-state index contributed by atoms with van der Waals surface area (Å²) in [6, 6.07) is 11.6. The molecule has 0 saturated carbocycles. The van der Waals surface area contributed by atoms with Crippen molar-refractivity contribution in [2.75, 3.05) is 13.7 Å². The van der Waals surface area contributed by atoms with Crippen LogP contribution in [0.3, 0.4) is 0 Å². The zero-order valence-electron chi connectivity index (χ0n) is 16.9. The summed E-state index contributed by atoms with van der Waals surface area (Å²) in [5.41, 5.74) is 0.982. The van der Waals surface area contributed by atoms with E-state index in [0.29, 0.717) is 6.54 Å². The minimum Gasteiger partial charge on any atom is -0.319 e. The summed E-state index contributed by atoms with van der Waals surface area (Å²) in [5.74, 6) is -0.222. The van der Waals surface area contributed by atoms with Crippen molar-refractivity contribution in [1.82, 2.24) is 15.1 Å². The topological polar surface area (TPSA) is 52.6 Å². The predicted molar refractivity (Wildman–Crippen MR) is 116 cm³/mol. The Morgan fingerprint density at radius 1 is 1.14 bits per heavy atom. The van der Waals surface area contributed by atoms with Crippen molar-refractivity contribution in [1.29, 1.82) is 0 Å². The van der Waals surface area contributed by atoms with Gasteiger partial charge in [-0.05, 0) is 58.6 Å². The Morgan fingerprint density at radius 3 is 2.32 bits per heavy atom. The van der Waals surface area contributed by atoms with Gasteiger partial charge in [0, 0.05) is 11.4 Å². The Labute approximate surface area is 178 Å². The Balaban J connectivity index is 1.74. The van der Waals surface area contributed by atoms with Crippen LogP contribution in [-0.4, -0.2) is 35.5 Å². The van der Waals surface area contributed by atoms with E-state index in [1.165, 1.54) is 15.3 Å². The van der Waals surface area contributed by atoms with Crippen LogP contribution in [0.4, 0.5) is 4.79 Å². The molecule has 1 N–H and O–H groups in total. The number of hydrogen-bond acceptors (Lipinski definition) is 4. The molecule has 0 radical (unpaired) electrons. The van der Waals surface area contributed by atoms with E-state index in [1.807, 2.05) is 48.3 Å². The summed E-state index contributed by atoms with van der Waals surface area (Å²) in [6.45, 7) is 9.14. The number of halogens is 1. The van der Waals surface area contributed by atoms with Gasteiger partial charge in [0.25, 0.3) is 5.91 Å². The van der Waals surface area contributed by atoms with E-state index in [9.17, 15) is 9.59 Å². The molecule has 3 amide bonds. The Bertz CT molecular complexity index is 888. The monoisotopic (exact) mass is 463 g/mol. The largest absolute Gasteiger partial charge is 0.326 e. The molecule has 2 heterocycles. The van der Waals surface area contributed by atoms with Crippen LogP contribution in [0.25, 0.3) is 0 Å². The average molecular weight is 464 g/mol. The molecule has 1 aliphatic heterocycles. The van der Waals surface area contributed by atoms with E-state index in [4.69, 9.17) is 0 Å². The first-order valence-corrected chi connectivity index (χ1v) is 10.8. The van der Waals surface area contributed by atoms with Gasteiger partial charge >= 0.3 is 6.03 Å². The molecule has 0 aliphatic carbocycles. The minimum atomic E-state index is -1.04. The smallest absolute Gasteiger partial charge is 0.319 e. The van der Waals surface area contributed by atoms with Crippen molar-refractivity contribution >= 4 is 39.2 Å². The van der Waals surface area contributed by atoms with Crippen LogP contribution in [0.1, 0.15) is 43.7 Å². The van der Waals surface area contributed by atoms with Crippen LogP contribution < -0.4 is 5.32 Å². The molecule has 5 nitrogen and oxygen atoms in total. The zero-order valence-corrected chi connectivity index (χ0v) is 19.3. The van der Waals surface area contributed by atoms with Gasteiger partial charge in [-0.3, -0.25) is 9.69 Å². The van der Waals surface area contributed by atoms with Gasteiger partial charge in [-0.2, -0.15) is 0 Å². The lowest BCUT2D eigenvalue weighted by Crippen LogP contribution is -2.42. The number of nitrogens with zero attached hydrogens (tertiary/aromatic N) is 2. The molecule has 1 fully saturated rings. The van der Waals surface area contributed by atoms with Crippen molar-refractivity contribution in [3.05, 3.63) is 56.2 Å². The number of nitrogens with one attached hydrogen (secondary N) is 1. The average Bonchev–Trinajstić information content (AvgIpc) is 3.11. The molecule has 1 saturated heterocycles. The molecule has 1 aromatic carbocycles. The van der Waals surface area contributed by atoms with Gasteiger partial charge in [-0.15, -0.1) is 11.3 Å². The highest BCUT2D eigenvalue weighted by atomic mass is 79.9. The molecule has 1 aromatic heterocycles. The van der Waals surface area contributed by atoms with Crippen LogP contribution in [-0.2, 0) is 22.3 Å². The van der Waals surface area contributed by atoms with Crippen molar-refractivity contribution in [2.45, 2.75) is 45.2 Å². The summed E-state index contributed by atoms with van der Waals surface area (Å²) in [7, 11) is 1.90. The standard InChI is InChI=1S/C21H26BrN3O2S/c1-20(2,3)14-6-8-15(9-7-14)21(4)18(26)25(19(27)23-21)13-24(5)12-16-10-11-17(22)28-16/h6-11H,12-13H2,1-5H3,(H,23,27). The Morgan fingerprint density at radius 2 is 1.79 bits per heavy atom. The number of carbonyl (C=O) groups excluding carboxylic acids is 2. The molecule has 150 valence electrons. The normalized spacial score (nSPS) is 20.2. The van der Waals surface area contributed by atoms with Crippen LogP contribution in [0.15, 0.2) is 40.2 Å². The lowest BCUT2D eigenvalue weighted by molar-refractivity contribution is -0.132. The van der Waals surface area contributed by atoms with Gasteiger partial charge in [-0.25, -0.2) is 9.69 Å². The number of urea groups is 1. The molecule has 0 bridgehead atoms. The number of thiophene rings is 1. The molecule has 1 aliphatic rings. The first-order valence-electron chi connectivity index (χ1n) is 9.18. The number of carbonyl (C=O) groups is 2. The number of hydrogen-bond donors (Lipinski definition) is 1. The lowest BCUT2D eigenvalue weighted by Gasteiger charge is -2.26. The Kier molecular flexibility index (Phi) is 5.71. The zero-order chi connectivity index (χ0) is 20.7. The van der Waals surface area contributed by atoms with Gasteiger partial charge in [0.1, 0.15) is 5.54 Å². The van der Waals surface area contributed by atoms with E-state index in [-0.39, 0.29) is 24.0 Å². The fourth-order valence-electron chi connectivity index (χ4n) is 3.32. The van der Waals surface area contributed by atoms with Gasteiger partial charge in [0.2, 0.25) is 0 Å². The van der Waals surface area contributed by atoms with E-state index < -0.39 is 5.54 Å². The summed E-state index contributed by atoms with van der Waals surface area (Å²) >= 11 is 5.11. The maximum Gasteiger partial charge on any atom is 0.326 e. The fraction of sp³-hybridized carbons (Fsp3) is 0.429. The van der Waals surface area contributed by atoms with Gasteiger partial charge in [-0.1, -0.05) is 45.0 Å². The van der Waals surface area contributed by atoms with Crippen LogP contribution in [0, 0.1) is 0 Å². The summed E-state index contributed by atoms with van der Waals surface area (Å²) in [6.07, 6.45) is 0. The van der Waals surface area contributed by atoms with E-state index in [0.717, 1.165) is 9.35 Å². The molecular formula is C21H26BrN3O2S. The van der Waals surface area contributed by atoms with Gasteiger partial charge < -0.3 is 5.32 Å². The number of benzene rings is 1. The second kappa shape index (κ2) is 7.61. The van der Waals surface area contributed by atoms with Crippen LogP contribution >= 0.6 is 27.3 Å². The summed E-state index contributed by atoms with van der Waals surface area (Å²) in [5, 5.41) is 2.88. The second-order valence-electron chi connectivity index (χ2n) is 8.48. The van der Waals surface area contributed by atoms with Gasteiger partial charge in [0.15, 0.2) is 0 Å². The van der Waals surface area contributed by atoms with Crippen molar-refractivity contribution < 1.29 is 9.59 Å². The predicted octanol–water partition coefficient (Wildman–Crippen LogP) is 4.66. The Hall–Kier alpha value is -1.70. The third-order valence-corrected chi connectivity index (χ3v) is 6.65. The maximum atomic E-state index is 13.1. The quantitative estimate of drug-likeness (QED) is 0.655. The summed E-state index contributed by atoms with van der Waals surface area (Å²) in [4.78, 5) is 30.1. The molecule has 3 rings (SSSR count). The third-order valence-electron chi connectivity index (χ3n) is 5.04. The number of rotatable bonds is 5. The summed E-state index contributed by atoms with van der Waals surface area (Å²) < 4.78 is 1.07. The lowest BCUT2D eigenvalue weighted by atomic mass is 9.84. The van der Waals surface area contributed by atoms with Crippen LogP contribution in [0.5, 0.6) is 0 Å². The van der Waals surface area contributed by atoms with Crippen molar-refractivity contribution in [3.8, 4) is 0 Å². The molecule has 28 heavy (non-hydrogen) atoms. The highest BCUT2D eigenvalue weighted by Gasteiger charge is 2.49. The fourth-order valence-corrected chi connectivity index (χ4v) is 4.88. The molecule has 1 atom stereocenters. The van der Waals surface area contributed by atoms with Crippen molar-refractivity contribution in [2.24, 2.45) is 0 Å². The maximum absolute atomic E-state index is 13.1.